The van der Waals surface area contributed by atoms with Gasteiger partial charge < -0.3 is 15.4 Å². The van der Waals surface area contributed by atoms with E-state index in [-0.39, 0.29) is 5.75 Å². The molecule has 0 aliphatic heterocycles. The Balaban J connectivity index is 1.52. The van der Waals surface area contributed by atoms with Crippen LogP contribution in [0.15, 0.2) is 71.6 Å². The molecule has 0 fully saturated rings. The van der Waals surface area contributed by atoms with Crippen LogP contribution < -0.4 is 20.8 Å². The zero-order valence-electron chi connectivity index (χ0n) is 19.8. The van der Waals surface area contributed by atoms with Gasteiger partial charge in [-0.05, 0) is 72.6 Å². The van der Waals surface area contributed by atoms with E-state index < -0.39 is 6.36 Å². The van der Waals surface area contributed by atoms with Gasteiger partial charge >= 0.3 is 6.36 Å². The van der Waals surface area contributed by atoms with Gasteiger partial charge in [0, 0.05) is 29.3 Å². The van der Waals surface area contributed by atoms with Crippen molar-refractivity contribution in [3.63, 3.8) is 0 Å². The largest absolute Gasteiger partial charge is 0.573 e. The van der Waals surface area contributed by atoms with E-state index in [1.165, 1.54) is 24.3 Å². The van der Waals surface area contributed by atoms with E-state index in [1.54, 1.807) is 18.6 Å². The fourth-order valence-electron chi connectivity index (χ4n) is 3.10. The highest BCUT2D eigenvalue weighted by Gasteiger charge is 2.30. The van der Waals surface area contributed by atoms with Gasteiger partial charge in [0.25, 0.3) is 0 Å². The first-order valence-electron chi connectivity index (χ1n) is 10.9. The van der Waals surface area contributed by atoms with Crippen molar-refractivity contribution in [3.05, 3.63) is 77.6 Å². The molecule has 36 heavy (non-hydrogen) atoms. The Hall–Kier alpha value is -3.99. The van der Waals surface area contributed by atoms with Crippen LogP contribution in [0.25, 0.3) is 6.08 Å². The molecular weight excluding hydrogens is 489 g/mol. The predicted octanol–water partition coefficient (Wildman–Crippen LogP) is 6.62. The molecule has 0 amide bonds. The molecule has 188 valence electrons. The third-order valence-corrected chi connectivity index (χ3v) is 4.87. The molecule has 1 heterocycles. The van der Waals surface area contributed by atoms with Crippen molar-refractivity contribution >= 4 is 46.9 Å². The highest BCUT2D eigenvalue weighted by molar-refractivity contribution is 7.80. The Bertz CT molecular complexity index is 1230. The number of allylic oxidation sites excluding steroid dienone is 1. The normalized spacial score (nSPS) is 12.0. The Labute approximate surface area is 212 Å². The number of rotatable bonds is 8. The number of ether oxygens (including phenoxy) is 1. The summed E-state index contributed by atoms with van der Waals surface area (Å²) in [5, 5.41) is 10.6. The number of alkyl halides is 3. The Kier molecular flexibility index (Phi) is 8.96. The van der Waals surface area contributed by atoms with Crippen LogP contribution in [-0.2, 0) is 0 Å². The second-order valence-corrected chi connectivity index (χ2v) is 8.40. The van der Waals surface area contributed by atoms with E-state index in [0.29, 0.717) is 22.7 Å². The summed E-state index contributed by atoms with van der Waals surface area (Å²) in [5.74, 6) is 0.341. The molecule has 1 aromatic heterocycles. The van der Waals surface area contributed by atoms with E-state index in [9.17, 15) is 13.2 Å². The van der Waals surface area contributed by atoms with Gasteiger partial charge in [0.1, 0.15) is 5.75 Å². The van der Waals surface area contributed by atoms with Gasteiger partial charge in [-0.3, -0.25) is 5.43 Å². The minimum atomic E-state index is -4.73. The molecule has 7 nitrogen and oxygen atoms in total. The van der Waals surface area contributed by atoms with E-state index in [1.807, 2.05) is 31.2 Å². The van der Waals surface area contributed by atoms with E-state index in [0.717, 1.165) is 22.4 Å². The molecule has 3 aromatic rings. The van der Waals surface area contributed by atoms with Gasteiger partial charge in [-0.25, -0.2) is 9.97 Å². The predicted molar refractivity (Wildman–Crippen MR) is 140 cm³/mol. The quantitative estimate of drug-likeness (QED) is 0.177. The number of nitrogens with zero attached hydrogens (tertiary/aromatic N) is 3. The van der Waals surface area contributed by atoms with Crippen molar-refractivity contribution in [1.29, 1.82) is 0 Å². The number of aromatic nitrogens is 2. The third-order valence-electron chi connectivity index (χ3n) is 4.68. The summed E-state index contributed by atoms with van der Waals surface area (Å²) >= 11 is 5.32. The molecular formula is C25H25F3N6OS. The molecule has 0 radical (unpaired) electrons. The summed E-state index contributed by atoms with van der Waals surface area (Å²) in [7, 11) is 0. The number of halogens is 3. The summed E-state index contributed by atoms with van der Waals surface area (Å²) in [6.45, 7) is 6.10. The molecule has 2 aromatic carbocycles. The summed E-state index contributed by atoms with van der Waals surface area (Å²) < 4.78 is 40.6. The summed E-state index contributed by atoms with van der Waals surface area (Å²) in [6.07, 6.45) is 1.94. The van der Waals surface area contributed by atoms with Gasteiger partial charge in [-0.1, -0.05) is 32.0 Å². The molecule has 0 saturated heterocycles. The minimum Gasteiger partial charge on any atom is -0.406 e. The number of thiocarbonyl (C=S) groups is 1. The van der Waals surface area contributed by atoms with Crippen LogP contribution in [0.1, 0.15) is 37.8 Å². The minimum absolute atomic E-state index is 0.294. The van der Waals surface area contributed by atoms with Gasteiger partial charge in [-0.15, -0.1) is 13.2 Å². The fourth-order valence-corrected chi connectivity index (χ4v) is 3.27. The lowest BCUT2D eigenvalue weighted by Gasteiger charge is -2.14. The summed E-state index contributed by atoms with van der Waals surface area (Å²) in [6, 6.07) is 13.2. The van der Waals surface area contributed by atoms with Crippen molar-refractivity contribution in [2.45, 2.75) is 33.1 Å². The fraction of sp³-hybridized carbons (Fsp3) is 0.200. The van der Waals surface area contributed by atoms with Crippen LogP contribution >= 0.6 is 12.2 Å². The number of hydrogen-bond donors (Lipinski definition) is 3. The maximum Gasteiger partial charge on any atom is 0.573 e. The van der Waals surface area contributed by atoms with Crippen LogP contribution in [0, 0.1) is 0 Å². The standard InChI is InChI=1S/C25H25F3N6OS/c1-16(2)21-6-4-5-7-22(21)33-24(36)34-31-13-17(3)12-18-14-29-23(30-15-18)32-19-8-10-20(11-9-19)35-25(26,27)28/h4-16H,1-3H3,(H,29,30,32)(H2,33,34,36). The first-order chi connectivity index (χ1) is 17.1. The molecule has 3 rings (SSSR count). The van der Waals surface area contributed by atoms with Crippen molar-refractivity contribution in [1.82, 2.24) is 15.4 Å². The highest BCUT2D eigenvalue weighted by atomic mass is 32.1. The maximum absolute atomic E-state index is 12.3. The monoisotopic (exact) mass is 514 g/mol. The lowest BCUT2D eigenvalue weighted by molar-refractivity contribution is -0.274. The van der Waals surface area contributed by atoms with Crippen molar-refractivity contribution in [3.8, 4) is 5.75 Å². The average Bonchev–Trinajstić information content (AvgIpc) is 2.81. The van der Waals surface area contributed by atoms with Crippen LogP contribution in [0.2, 0.25) is 0 Å². The van der Waals surface area contributed by atoms with Crippen molar-refractivity contribution < 1.29 is 17.9 Å². The first kappa shape index (κ1) is 26.6. The van der Waals surface area contributed by atoms with E-state index in [4.69, 9.17) is 12.2 Å². The van der Waals surface area contributed by atoms with Crippen LogP contribution in [0.4, 0.5) is 30.5 Å². The summed E-state index contributed by atoms with van der Waals surface area (Å²) in [4.78, 5) is 8.44. The smallest absolute Gasteiger partial charge is 0.406 e. The van der Waals surface area contributed by atoms with Crippen molar-refractivity contribution in [2.75, 3.05) is 10.6 Å². The molecule has 11 heteroatoms. The first-order valence-corrected chi connectivity index (χ1v) is 11.3. The molecule has 3 N–H and O–H groups in total. The number of nitrogens with one attached hydrogen (secondary N) is 3. The Morgan fingerprint density at radius 2 is 1.72 bits per heavy atom. The maximum atomic E-state index is 12.3. The highest BCUT2D eigenvalue weighted by Crippen LogP contribution is 2.25. The lowest BCUT2D eigenvalue weighted by Crippen LogP contribution is -2.24. The lowest BCUT2D eigenvalue weighted by atomic mass is 10.0. The molecule has 0 spiro atoms. The Morgan fingerprint density at radius 1 is 1.06 bits per heavy atom. The molecule has 0 atom stereocenters. The zero-order valence-corrected chi connectivity index (χ0v) is 20.6. The third kappa shape index (κ3) is 8.66. The number of para-hydroxylation sites is 1. The zero-order chi connectivity index (χ0) is 26.1. The molecule has 0 unspecified atom stereocenters. The van der Waals surface area contributed by atoms with E-state index >= 15 is 0 Å². The summed E-state index contributed by atoms with van der Waals surface area (Å²) in [5.41, 5.74) is 6.98. The molecule has 0 aliphatic carbocycles. The molecule has 0 saturated carbocycles. The van der Waals surface area contributed by atoms with E-state index in [2.05, 4.69) is 55.8 Å². The number of anilines is 3. The van der Waals surface area contributed by atoms with Gasteiger partial charge in [0.2, 0.25) is 5.95 Å². The number of hydrazone groups is 1. The van der Waals surface area contributed by atoms with Crippen molar-refractivity contribution in [2.24, 2.45) is 5.10 Å². The second kappa shape index (κ2) is 12.1. The van der Waals surface area contributed by atoms with Gasteiger partial charge in [-0.2, -0.15) is 5.10 Å². The van der Waals surface area contributed by atoms with Crippen LogP contribution in [-0.4, -0.2) is 27.7 Å². The van der Waals surface area contributed by atoms with Crippen LogP contribution in [0.3, 0.4) is 0 Å². The second-order valence-electron chi connectivity index (χ2n) is 7.99. The Morgan fingerprint density at radius 3 is 2.36 bits per heavy atom. The average molecular weight is 515 g/mol. The van der Waals surface area contributed by atoms with Gasteiger partial charge in [0.15, 0.2) is 5.11 Å². The SMILES string of the molecule is CC(C=NNC(=S)Nc1ccccc1C(C)C)=Cc1cnc(Nc2ccc(OC(F)(F)F)cc2)nc1. The number of benzene rings is 2. The molecule has 0 aliphatic rings. The number of hydrogen-bond acceptors (Lipinski definition) is 6. The topological polar surface area (TPSA) is 83.5 Å². The van der Waals surface area contributed by atoms with Crippen LogP contribution in [0.5, 0.6) is 5.75 Å². The van der Waals surface area contributed by atoms with Gasteiger partial charge in [0.05, 0.1) is 6.21 Å². The molecule has 0 bridgehead atoms.